The van der Waals surface area contributed by atoms with Crippen molar-refractivity contribution in [3.8, 4) is 5.88 Å². The highest BCUT2D eigenvalue weighted by Crippen LogP contribution is 2.28. The number of imidazole rings is 1. The van der Waals surface area contributed by atoms with E-state index < -0.39 is 5.60 Å². The van der Waals surface area contributed by atoms with Crippen LogP contribution in [0.1, 0.15) is 33.0 Å². The first-order valence-electron chi connectivity index (χ1n) is 4.90. The summed E-state index contributed by atoms with van der Waals surface area (Å²) in [7, 11) is 1.86. The summed E-state index contributed by atoms with van der Waals surface area (Å²) in [6.45, 7) is 6.62. The van der Waals surface area contributed by atoms with Crippen LogP contribution in [-0.2, 0) is 17.4 Å². The lowest BCUT2D eigenvalue weighted by Crippen LogP contribution is -2.28. The standard InChI is InChI=1S/C10H18N2O2/c1-5-10(3,14-6-2)9-11-8(13)7-12(9)4/h7,13H,5-6H2,1-4H3. The lowest BCUT2D eigenvalue weighted by molar-refractivity contribution is -0.0409. The number of aryl methyl sites for hydroxylation is 1. The van der Waals surface area contributed by atoms with Gasteiger partial charge < -0.3 is 14.4 Å². The number of aromatic hydroxyl groups is 1. The molecule has 80 valence electrons. The lowest BCUT2D eigenvalue weighted by Gasteiger charge is -2.27. The third kappa shape index (κ3) is 1.90. The van der Waals surface area contributed by atoms with Crippen molar-refractivity contribution >= 4 is 0 Å². The maximum absolute atomic E-state index is 9.27. The van der Waals surface area contributed by atoms with E-state index in [1.54, 1.807) is 10.8 Å². The van der Waals surface area contributed by atoms with Crippen LogP contribution in [0.5, 0.6) is 5.88 Å². The summed E-state index contributed by atoms with van der Waals surface area (Å²) in [6, 6.07) is 0. The summed E-state index contributed by atoms with van der Waals surface area (Å²) in [6.07, 6.45) is 2.41. The Kier molecular flexibility index (Phi) is 3.16. The highest BCUT2D eigenvalue weighted by atomic mass is 16.5. The second-order valence-corrected chi connectivity index (χ2v) is 3.55. The zero-order valence-electron chi connectivity index (χ0n) is 9.24. The van der Waals surface area contributed by atoms with Gasteiger partial charge in [0.1, 0.15) is 11.4 Å². The second kappa shape index (κ2) is 4.00. The molecule has 1 N–H and O–H groups in total. The molecular formula is C10H18N2O2. The molecule has 0 aliphatic carbocycles. The average Bonchev–Trinajstić information content (AvgIpc) is 2.46. The van der Waals surface area contributed by atoms with E-state index in [1.165, 1.54) is 0 Å². The van der Waals surface area contributed by atoms with Crippen LogP contribution in [0.2, 0.25) is 0 Å². The minimum atomic E-state index is -0.412. The van der Waals surface area contributed by atoms with Crippen molar-refractivity contribution in [1.82, 2.24) is 9.55 Å². The molecule has 1 heterocycles. The van der Waals surface area contributed by atoms with E-state index in [2.05, 4.69) is 4.98 Å². The van der Waals surface area contributed by atoms with Crippen LogP contribution in [0.4, 0.5) is 0 Å². The minimum Gasteiger partial charge on any atom is -0.492 e. The van der Waals surface area contributed by atoms with E-state index in [9.17, 15) is 5.11 Å². The van der Waals surface area contributed by atoms with Gasteiger partial charge in [0, 0.05) is 13.7 Å². The van der Waals surface area contributed by atoms with Crippen molar-refractivity contribution < 1.29 is 9.84 Å². The van der Waals surface area contributed by atoms with Crippen LogP contribution in [-0.4, -0.2) is 21.3 Å². The van der Waals surface area contributed by atoms with Crippen LogP contribution < -0.4 is 0 Å². The molecule has 14 heavy (non-hydrogen) atoms. The fourth-order valence-corrected chi connectivity index (χ4v) is 1.59. The highest BCUT2D eigenvalue weighted by molar-refractivity contribution is 5.13. The van der Waals surface area contributed by atoms with E-state index in [0.717, 1.165) is 12.2 Å². The molecule has 0 radical (unpaired) electrons. The van der Waals surface area contributed by atoms with Gasteiger partial charge in [-0.25, -0.2) is 0 Å². The van der Waals surface area contributed by atoms with Crippen molar-refractivity contribution in [2.24, 2.45) is 7.05 Å². The van der Waals surface area contributed by atoms with Gasteiger partial charge in [0.25, 0.3) is 0 Å². The Hall–Kier alpha value is -1.03. The van der Waals surface area contributed by atoms with Crippen molar-refractivity contribution in [3.05, 3.63) is 12.0 Å². The zero-order chi connectivity index (χ0) is 10.8. The topological polar surface area (TPSA) is 47.3 Å². The Balaban J connectivity index is 3.04. The van der Waals surface area contributed by atoms with Crippen LogP contribution in [0.15, 0.2) is 6.20 Å². The zero-order valence-corrected chi connectivity index (χ0v) is 9.24. The summed E-state index contributed by atoms with van der Waals surface area (Å²) in [5.41, 5.74) is -0.412. The van der Waals surface area contributed by atoms with Gasteiger partial charge in [0.15, 0.2) is 0 Å². The molecule has 0 spiro atoms. The van der Waals surface area contributed by atoms with Gasteiger partial charge in [0.05, 0.1) is 6.20 Å². The van der Waals surface area contributed by atoms with E-state index in [-0.39, 0.29) is 5.88 Å². The van der Waals surface area contributed by atoms with E-state index in [1.807, 2.05) is 27.8 Å². The van der Waals surface area contributed by atoms with Crippen LogP contribution >= 0.6 is 0 Å². The maximum atomic E-state index is 9.27. The van der Waals surface area contributed by atoms with E-state index in [0.29, 0.717) is 6.61 Å². The average molecular weight is 198 g/mol. The van der Waals surface area contributed by atoms with Crippen LogP contribution in [0.3, 0.4) is 0 Å². The van der Waals surface area contributed by atoms with Gasteiger partial charge in [0.2, 0.25) is 5.88 Å². The molecule has 1 rings (SSSR count). The molecule has 0 aromatic carbocycles. The quantitative estimate of drug-likeness (QED) is 0.802. The Morgan fingerprint density at radius 3 is 2.57 bits per heavy atom. The van der Waals surface area contributed by atoms with Gasteiger partial charge in [-0.05, 0) is 20.3 Å². The lowest BCUT2D eigenvalue weighted by atomic mass is 10.0. The van der Waals surface area contributed by atoms with Crippen molar-refractivity contribution in [2.45, 2.75) is 32.8 Å². The third-order valence-electron chi connectivity index (χ3n) is 2.47. The molecule has 4 nitrogen and oxygen atoms in total. The summed E-state index contributed by atoms with van der Waals surface area (Å²) in [5, 5.41) is 9.27. The largest absolute Gasteiger partial charge is 0.492 e. The predicted octanol–water partition coefficient (Wildman–Crippen LogP) is 1.79. The number of ether oxygens (including phenoxy) is 1. The third-order valence-corrected chi connectivity index (χ3v) is 2.47. The van der Waals surface area contributed by atoms with Crippen molar-refractivity contribution in [2.75, 3.05) is 6.61 Å². The molecule has 0 aliphatic rings. The normalized spacial score (nSPS) is 15.4. The van der Waals surface area contributed by atoms with Gasteiger partial charge in [-0.1, -0.05) is 6.92 Å². The molecule has 1 unspecified atom stereocenters. The summed E-state index contributed by atoms with van der Waals surface area (Å²) >= 11 is 0. The Labute approximate surface area is 84.5 Å². The molecule has 0 saturated heterocycles. The van der Waals surface area contributed by atoms with E-state index >= 15 is 0 Å². The molecule has 1 aromatic heterocycles. The molecule has 4 heteroatoms. The van der Waals surface area contributed by atoms with Crippen molar-refractivity contribution in [1.29, 1.82) is 0 Å². The SMILES string of the molecule is CCOC(C)(CC)c1nc(O)cn1C. The summed E-state index contributed by atoms with van der Waals surface area (Å²) in [5.74, 6) is 0.807. The molecule has 0 amide bonds. The predicted molar refractivity (Wildman–Crippen MR) is 54.1 cm³/mol. The first-order valence-corrected chi connectivity index (χ1v) is 4.90. The number of aromatic nitrogens is 2. The first-order chi connectivity index (χ1) is 6.53. The minimum absolute atomic E-state index is 0.0434. The number of hydrogen-bond donors (Lipinski definition) is 1. The molecule has 0 bridgehead atoms. The molecule has 0 fully saturated rings. The molecule has 1 atom stereocenters. The van der Waals surface area contributed by atoms with Gasteiger partial charge in [-0.3, -0.25) is 0 Å². The van der Waals surface area contributed by atoms with Gasteiger partial charge >= 0.3 is 0 Å². The summed E-state index contributed by atoms with van der Waals surface area (Å²) in [4.78, 5) is 4.07. The molecule has 0 saturated carbocycles. The van der Waals surface area contributed by atoms with Crippen LogP contribution in [0.25, 0.3) is 0 Å². The fourth-order valence-electron chi connectivity index (χ4n) is 1.59. The maximum Gasteiger partial charge on any atom is 0.229 e. The Morgan fingerprint density at radius 2 is 2.21 bits per heavy atom. The molecule has 1 aromatic rings. The number of rotatable bonds is 4. The Morgan fingerprint density at radius 1 is 1.57 bits per heavy atom. The summed E-state index contributed by atoms with van der Waals surface area (Å²) < 4.78 is 7.46. The highest BCUT2D eigenvalue weighted by Gasteiger charge is 2.29. The molecule has 0 aliphatic heterocycles. The number of nitrogens with zero attached hydrogens (tertiary/aromatic N) is 2. The monoisotopic (exact) mass is 198 g/mol. The smallest absolute Gasteiger partial charge is 0.229 e. The van der Waals surface area contributed by atoms with Crippen LogP contribution in [0, 0.1) is 0 Å². The van der Waals surface area contributed by atoms with Crippen molar-refractivity contribution in [3.63, 3.8) is 0 Å². The van der Waals surface area contributed by atoms with Gasteiger partial charge in [-0.2, -0.15) is 4.98 Å². The van der Waals surface area contributed by atoms with Gasteiger partial charge in [-0.15, -0.1) is 0 Å². The fraction of sp³-hybridized carbons (Fsp3) is 0.700. The van der Waals surface area contributed by atoms with E-state index in [4.69, 9.17) is 4.74 Å². The Bertz CT molecular complexity index is 309. The molecular weight excluding hydrogens is 180 g/mol. The number of hydrogen-bond acceptors (Lipinski definition) is 3. The second-order valence-electron chi connectivity index (χ2n) is 3.55. The first kappa shape index (κ1) is 11.0.